The van der Waals surface area contributed by atoms with E-state index in [0.717, 1.165) is 11.1 Å². The molecule has 0 bridgehead atoms. The second-order valence-corrected chi connectivity index (χ2v) is 7.25. The quantitative estimate of drug-likeness (QED) is 0.854. The van der Waals surface area contributed by atoms with Crippen LogP contribution in [0.4, 0.5) is 0 Å². The van der Waals surface area contributed by atoms with Gasteiger partial charge >= 0.3 is 5.97 Å². The van der Waals surface area contributed by atoms with Gasteiger partial charge in [-0.05, 0) is 29.7 Å². The first kappa shape index (κ1) is 15.7. The molecular weight excluding hydrogens is 308 g/mol. The summed E-state index contributed by atoms with van der Waals surface area (Å²) in [5, 5.41) is 8.97. The number of halogens is 1. The van der Waals surface area contributed by atoms with Gasteiger partial charge in [0.05, 0.1) is 17.2 Å². The Bertz CT molecular complexity index is 668. The number of rotatable bonds is 5. The predicted octanol–water partition coefficient (Wildman–Crippen LogP) is 3.67. The van der Waals surface area contributed by atoms with Crippen molar-refractivity contribution in [2.24, 2.45) is 0 Å². The van der Waals surface area contributed by atoms with Gasteiger partial charge in [-0.2, -0.15) is 0 Å². The number of carboxylic acid groups (broad SMARTS) is 1. The summed E-state index contributed by atoms with van der Waals surface area (Å²) in [7, 11) is -1.45. The lowest BCUT2D eigenvalue weighted by Crippen LogP contribution is -2.09. The van der Waals surface area contributed by atoms with E-state index >= 15 is 0 Å². The number of hydrogen-bond donors (Lipinski definition) is 1. The summed E-state index contributed by atoms with van der Waals surface area (Å²) >= 11 is 5.92. The van der Waals surface area contributed by atoms with Crippen LogP contribution < -0.4 is 0 Å². The minimum absolute atomic E-state index is 0.167. The Balaban J connectivity index is 2.51. The van der Waals surface area contributed by atoms with Crippen molar-refractivity contribution in [2.75, 3.05) is 0 Å². The Hall–Kier alpha value is -1.65. The van der Waals surface area contributed by atoms with Gasteiger partial charge in [0.2, 0.25) is 0 Å². The van der Waals surface area contributed by atoms with Crippen LogP contribution in [0.3, 0.4) is 0 Å². The van der Waals surface area contributed by atoms with Gasteiger partial charge in [-0.1, -0.05) is 42.5 Å². The van der Waals surface area contributed by atoms with Crippen LogP contribution in [0.1, 0.15) is 12.5 Å². The molecule has 2 aromatic carbocycles. The lowest BCUT2D eigenvalue weighted by Gasteiger charge is -2.12. The Morgan fingerprint density at radius 1 is 1.19 bits per heavy atom. The molecule has 1 N–H and O–H groups in total. The molecular formula is C16H15ClO3S. The van der Waals surface area contributed by atoms with Crippen LogP contribution in [0.2, 0.25) is 0 Å². The van der Waals surface area contributed by atoms with E-state index in [0.29, 0.717) is 10.5 Å². The molecule has 5 heteroatoms. The standard InChI is InChI=1S/C16H15ClO3S/c1-11(17)21(20)15-9-13(12-5-3-2-4-6-12)7-8-14(15)10-16(18)19/h2-9,11H,10H2,1H3,(H,18,19). The van der Waals surface area contributed by atoms with Gasteiger partial charge in [0, 0.05) is 4.90 Å². The van der Waals surface area contributed by atoms with Crippen molar-refractivity contribution in [3.63, 3.8) is 0 Å². The summed E-state index contributed by atoms with van der Waals surface area (Å²) < 4.78 is 11.7. The van der Waals surface area contributed by atoms with Gasteiger partial charge < -0.3 is 5.11 Å². The molecule has 0 aliphatic heterocycles. The van der Waals surface area contributed by atoms with Crippen molar-refractivity contribution in [3.05, 3.63) is 54.1 Å². The molecule has 0 radical (unpaired) electrons. The van der Waals surface area contributed by atoms with Crippen LogP contribution in [0, 0.1) is 0 Å². The Kier molecular flexibility index (Phi) is 5.15. The van der Waals surface area contributed by atoms with Crippen LogP contribution in [0.25, 0.3) is 11.1 Å². The number of alkyl halides is 1. The number of hydrogen-bond acceptors (Lipinski definition) is 2. The predicted molar refractivity (Wildman–Crippen MR) is 84.9 cm³/mol. The average Bonchev–Trinajstić information content (AvgIpc) is 2.47. The maximum Gasteiger partial charge on any atom is 0.307 e. The van der Waals surface area contributed by atoms with Crippen LogP contribution in [0.5, 0.6) is 0 Å². The number of carboxylic acids is 1. The molecule has 2 unspecified atom stereocenters. The highest BCUT2D eigenvalue weighted by molar-refractivity contribution is 7.87. The van der Waals surface area contributed by atoms with Gasteiger partial charge in [-0.15, -0.1) is 11.6 Å². The monoisotopic (exact) mass is 322 g/mol. The Labute approximate surface area is 131 Å². The Morgan fingerprint density at radius 2 is 1.86 bits per heavy atom. The highest BCUT2D eigenvalue weighted by Crippen LogP contribution is 2.27. The van der Waals surface area contributed by atoms with E-state index in [2.05, 4.69) is 0 Å². The lowest BCUT2D eigenvalue weighted by atomic mass is 10.0. The van der Waals surface area contributed by atoms with E-state index < -0.39 is 21.5 Å². The zero-order valence-corrected chi connectivity index (χ0v) is 13.0. The van der Waals surface area contributed by atoms with Crippen LogP contribution >= 0.6 is 11.6 Å². The van der Waals surface area contributed by atoms with E-state index in [4.69, 9.17) is 16.7 Å². The molecule has 0 heterocycles. The fourth-order valence-electron chi connectivity index (χ4n) is 2.04. The third-order valence-electron chi connectivity index (χ3n) is 3.03. The molecule has 2 atom stereocenters. The summed E-state index contributed by atoms with van der Waals surface area (Å²) in [6, 6.07) is 15.0. The number of carbonyl (C=O) groups is 1. The van der Waals surface area contributed by atoms with Crippen molar-refractivity contribution in [2.45, 2.75) is 22.9 Å². The third kappa shape index (κ3) is 3.93. The first-order valence-electron chi connectivity index (χ1n) is 6.44. The first-order chi connectivity index (χ1) is 9.99. The molecule has 0 amide bonds. The number of benzene rings is 2. The van der Waals surface area contributed by atoms with E-state index in [1.807, 2.05) is 36.4 Å². The summed E-state index contributed by atoms with van der Waals surface area (Å²) in [5.74, 6) is -0.956. The van der Waals surface area contributed by atoms with Crippen molar-refractivity contribution in [3.8, 4) is 11.1 Å². The molecule has 0 fully saturated rings. The van der Waals surface area contributed by atoms with E-state index in [9.17, 15) is 9.00 Å². The van der Waals surface area contributed by atoms with Gasteiger partial charge in [0.15, 0.2) is 0 Å². The average molecular weight is 323 g/mol. The van der Waals surface area contributed by atoms with E-state index in [-0.39, 0.29) is 6.42 Å². The Morgan fingerprint density at radius 3 is 2.43 bits per heavy atom. The maximum atomic E-state index is 12.3. The van der Waals surface area contributed by atoms with Crippen molar-refractivity contribution < 1.29 is 14.1 Å². The van der Waals surface area contributed by atoms with Crippen molar-refractivity contribution >= 4 is 28.4 Å². The molecule has 110 valence electrons. The van der Waals surface area contributed by atoms with Crippen LogP contribution in [0.15, 0.2) is 53.4 Å². The highest BCUT2D eigenvalue weighted by Gasteiger charge is 2.17. The summed E-state index contributed by atoms with van der Waals surface area (Å²) in [4.78, 5) is 11.4. The molecule has 0 aliphatic carbocycles. The van der Waals surface area contributed by atoms with E-state index in [1.54, 1.807) is 19.1 Å². The van der Waals surface area contributed by atoms with Gasteiger partial charge in [-0.3, -0.25) is 9.00 Å². The zero-order valence-electron chi connectivity index (χ0n) is 11.5. The molecule has 2 aromatic rings. The summed E-state index contributed by atoms with van der Waals surface area (Å²) in [5.41, 5.74) is 2.42. The van der Waals surface area contributed by atoms with Crippen molar-refractivity contribution in [1.82, 2.24) is 0 Å². The third-order valence-corrected chi connectivity index (χ3v) is 4.92. The van der Waals surface area contributed by atoms with E-state index in [1.165, 1.54) is 0 Å². The molecule has 3 nitrogen and oxygen atoms in total. The molecule has 0 aromatic heterocycles. The summed E-state index contributed by atoms with van der Waals surface area (Å²) in [6.45, 7) is 1.64. The fraction of sp³-hybridized carbons (Fsp3) is 0.188. The number of aliphatic carboxylic acids is 1. The second-order valence-electron chi connectivity index (χ2n) is 4.60. The maximum absolute atomic E-state index is 12.3. The van der Waals surface area contributed by atoms with Crippen LogP contribution in [-0.2, 0) is 22.0 Å². The van der Waals surface area contributed by atoms with Gasteiger partial charge in [0.25, 0.3) is 0 Å². The minimum atomic E-state index is -1.45. The lowest BCUT2D eigenvalue weighted by molar-refractivity contribution is -0.136. The SMILES string of the molecule is CC(Cl)S(=O)c1cc(-c2ccccc2)ccc1CC(=O)O. The largest absolute Gasteiger partial charge is 0.481 e. The molecule has 0 saturated carbocycles. The van der Waals surface area contributed by atoms with Crippen LogP contribution in [-0.4, -0.2) is 20.0 Å². The molecule has 0 spiro atoms. The second kappa shape index (κ2) is 6.87. The zero-order chi connectivity index (χ0) is 15.4. The minimum Gasteiger partial charge on any atom is -0.481 e. The van der Waals surface area contributed by atoms with Crippen molar-refractivity contribution in [1.29, 1.82) is 0 Å². The summed E-state index contributed by atoms with van der Waals surface area (Å²) in [6.07, 6.45) is -0.167. The molecule has 0 saturated heterocycles. The first-order valence-corrected chi connectivity index (χ1v) is 8.09. The fourth-order valence-corrected chi connectivity index (χ4v) is 3.32. The van der Waals surface area contributed by atoms with Gasteiger partial charge in [0.1, 0.15) is 4.71 Å². The normalized spacial score (nSPS) is 13.6. The highest BCUT2D eigenvalue weighted by atomic mass is 35.5. The smallest absolute Gasteiger partial charge is 0.307 e. The van der Waals surface area contributed by atoms with Gasteiger partial charge in [-0.25, -0.2) is 0 Å². The molecule has 2 rings (SSSR count). The molecule has 0 aliphatic rings. The topological polar surface area (TPSA) is 54.4 Å². The molecule has 21 heavy (non-hydrogen) atoms.